The maximum atomic E-state index is 10.7. The first-order valence-electron chi connectivity index (χ1n) is 9.96. The number of nitrogens with zero attached hydrogens (tertiary/aromatic N) is 4. The third-order valence-corrected chi connectivity index (χ3v) is 7.57. The van der Waals surface area contributed by atoms with Crippen molar-refractivity contribution in [3.05, 3.63) is 53.9 Å². The fourth-order valence-corrected chi connectivity index (χ4v) is 5.03. The van der Waals surface area contributed by atoms with Crippen LogP contribution in [-0.2, 0) is 19.4 Å². The van der Waals surface area contributed by atoms with Gasteiger partial charge in [-0.25, -0.2) is 15.0 Å². The molecule has 0 fully saturated rings. The Kier molecular flexibility index (Phi) is 4.22. The number of nitrogens with one attached hydrogen (secondary N) is 1. The Morgan fingerprint density at radius 2 is 2.07 bits per heavy atom. The van der Waals surface area contributed by atoms with Gasteiger partial charge in [0, 0.05) is 34.9 Å². The molecule has 3 heterocycles. The van der Waals surface area contributed by atoms with Crippen molar-refractivity contribution in [2.45, 2.75) is 62.1 Å². The first-order valence-corrected chi connectivity index (χ1v) is 10.8. The van der Waals surface area contributed by atoms with Crippen molar-refractivity contribution >= 4 is 23.3 Å². The van der Waals surface area contributed by atoms with E-state index in [1.165, 1.54) is 17.0 Å². The van der Waals surface area contributed by atoms with Gasteiger partial charge in [-0.2, -0.15) is 0 Å². The fraction of sp³-hybridized carbons (Fsp3) is 0.409. The highest BCUT2D eigenvalue weighted by atomic mass is 32.2. The van der Waals surface area contributed by atoms with E-state index in [1.807, 2.05) is 20.2 Å². The summed E-state index contributed by atoms with van der Waals surface area (Å²) in [5.41, 5.74) is 3.82. The van der Waals surface area contributed by atoms with Crippen LogP contribution in [0.3, 0.4) is 0 Å². The van der Waals surface area contributed by atoms with Crippen LogP contribution < -0.4 is 5.32 Å². The third kappa shape index (κ3) is 3.22. The lowest BCUT2D eigenvalue weighted by atomic mass is 9.66. The summed E-state index contributed by atoms with van der Waals surface area (Å²) in [5.74, 6) is 0.808. The maximum Gasteiger partial charge on any atom is 0.163 e. The first kappa shape index (κ1) is 18.6. The molecule has 0 saturated carbocycles. The van der Waals surface area contributed by atoms with E-state index in [9.17, 15) is 5.11 Å². The van der Waals surface area contributed by atoms with Gasteiger partial charge in [0.2, 0.25) is 0 Å². The Labute approximate surface area is 174 Å². The van der Waals surface area contributed by atoms with Crippen LogP contribution in [0.4, 0.5) is 11.5 Å². The van der Waals surface area contributed by atoms with Crippen LogP contribution in [0.25, 0.3) is 0 Å². The molecule has 1 atom stereocenters. The lowest BCUT2D eigenvalue weighted by Gasteiger charge is -2.43. The molecule has 1 aromatic carbocycles. The van der Waals surface area contributed by atoms with Gasteiger partial charge < -0.3 is 15.0 Å². The zero-order valence-corrected chi connectivity index (χ0v) is 17.8. The van der Waals surface area contributed by atoms with Gasteiger partial charge in [-0.3, -0.25) is 0 Å². The van der Waals surface area contributed by atoms with Crippen molar-refractivity contribution in [3.63, 3.8) is 0 Å². The lowest BCUT2D eigenvalue weighted by Crippen LogP contribution is -2.45. The van der Waals surface area contributed by atoms with E-state index in [0.29, 0.717) is 0 Å². The fourth-order valence-electron chi connectivity index (χ4n) is 4.15. The molecular formula is C22H25N5OS. The summed E-state index contributed by atoms with van der Waals surface area (Å²) in [5, 5.41) is 15.0. The number of hydrogen-bond acceptors (Lipinski definition) is 6. The van der Waals surface area contributed by atoms with Crippen LogP contribution in [0.1, 0.15) is 44.1 Å². The number of aryl methyl sites for hydroxylation is 1. The number of rotatable bonds is 3. The second kappa shape index (κ2) is 6.57. The van der Waals surface area contributed by atoms with Gasteiger partial charge in [0.05, 0.1) is 23.3 Å². The smallest absolute Gasteiger partial charge is 0.163 e. The molecule has 5 rings (SSSR count). The molecule has 150 valence electrons. The summed E-state index contributed by atoms with van der Waals surface area (Å²) in [4.78, 5) is 14.6. The second-order valence-electron chi connectivity index (χ2n) is 8.83. The van der Waals surface area contributed by atoms with Crippen molar-refractivity contribution in [2.24, 2.45) is 5.41 Å². The van der Waals surface area contributed by atoms with Crippen LogP contribution in [-0.4, -0.2) is 30.2 Å². The average molecular weight is 408 g/mol. The zero-order chi connectivity index (χ0) is 20.2. The van der Waals surface area contributed by atoms with E-state index < -0.39 is 5.60 Å². The summed E-state index contributed by atoms with van der Waals surface area (Å²) >= 11 is 1.64. The highest BCUT2D eigenvalue weighted by molar-refractivity contribution is 7.99. The number of benzene rings is 1. The topological polar surface area (TPSA) is 75.9 Å². The maximum absolute atomic E-state index is 10.7. The van der Waals surface area contributed by atoms with Gasteiger partial charge in [-0.1, -0.05) is 24.8 Å². The molecule has 0 bridgehead atoms. The van der Waals surface area contributed by atoms with E-state index >= 15 is 0 Å². The van der Waals surface area contributed by atoms with Crippen molar-refractivity contribution in [1.29, 1.82) is 0 Å². The van der Waals surface area contributed by atoms with E-state index in [1.54, 1.807) is 24.2 Å². The lowest BCUT2D eigenvalue weighted by molar-refractivity contribution is -0.0542. The molecule has 1 aliphatic heterocycles. The van der Waals surface area contributed by atoms with E-state index in [4.69, 9.17) is 0 Å². The molecule has 29 heavy (non-hydrogen) atoms. The van der Waals surface area contributed by atoms with Crippen molar-refractivity contribution < 1.29 is 5.11 Å². The summed E-state index contributed by atoms with van der Waals surface area (Å²) in [7, 11) is 0. The Morgan fingerprint density at radius 1 is 1.24 bits per heavy atom. The summed E-state index contributed by atoms with van der Waals surface area (Å²) in [6.07, 6.45) is 8.09. The summed E-state index contributed by atoms with van der Waals surface area (Å²) in [6, 6.07) is 6.49. The molecule has 7 heteroatoms. The van der Waals surface area contributed by atoms with Crippen LogP contribution >= 0.6 is 11.8 Å². The minimum Gasteiger partial charge on any atom is -0.390 e. The molecule has 2 aromatic heterocycles. The average Bonchev–Trinajstić information content (AvgIpc) is 3.07. The van der Waals surface area contributed by atoms with E-state index in [0.717, 1.165) is 47.2 Å². The highest BCUT2D eigenvalue weighted by Crippen LogP contribution is 2.44. The van der Waals surface area contributed by atoms with Gasteiger partial charge in [-0.05, 0) is 50.8 Å². The van der Waals surface area contributed by atoms with E-state index in [-0.39, 0.29) is 5.41 Å². The minimum absolute atomic E-state index is 0.145. The number of fused-ring (bicyclic) bond motifs is 3. The normalized spacial score (nSPS) is 20.4. The quantitative estimate of drug-likeness (QED) is 0.530. The monoisotopic (exact) mass is 407 g/mol. The van der Waals surface area contributed by atoms with Crippen LogP contribution in [0.15, 0.2) is 46.8 Å². The number of imidazole rings is 1. The summed E-state index contributed by atoms with van der Waals surface area (Å²) < 4.78 is 2.24. The largest absolute Gasteiger partial charge is 0.390 e. The molecule has 0 saturated heterocycles. The minimum atomic E-state index is -0.721. The first-order chi connectivity index (χ1) is 13.8. The highest BCUT2D eigenvalue weighted by Gasteiger charge is 2.43. The standard InChI is InChI=1S/C22H25N5OS/c1-21(2,28)22(3)7-6-15-17(11-22)27(13-25-15)12-14-4-5-18-16(10-14)26-19-20(29-18)24-9-8-23-19/h4-5,8-10,13,28H,6-7,11-12H2,1-3H3,(H,23,26). The van der Waals surface area contributed by atoms with E-state index in [2.05, 4.69) is 50.0 Å². The van der Waals surface area contributed by atoms with Crippen molar-refractivity contribution in [1.82, 2.24) is 19.5 Å². The molecular weight excluding hydrogens is 382 g/mol. The molecule has 2 N–H and O–H groups in total. The number of aromatic nitrogens is 4. The van der Waals surface area contributed by atoms with Crippen molar-refractivity contribution in [3.8, 4) is 0 Å². The SMILES string of the molecule is CC(C)(O)C1(C)CCc2ncn(Cc3ccc4c(c3)Nc3nccnc3S4)c2C1. The molecule has 0 radical (unpaired) electrons. The van der Waals surface area contributed by atoms with Gasteiger partial charge in [-0.15, -0.1) is 0 Å². The number of aliphatic hydroxyl groups is 1. The summed E-state index contributed by atoms with van der Waals surface area (Å²) in [6.45, 7) is 6.79. The zero-order valence-electron chi connectivity index (χ0n) is 16.9. The Morgan fingerprint density at radius 3 is 2.90 bits per heavy atom. The van der Waals surface area contributed by atoms with Crippen LogP contribution in [0.2, 0.25) is 0 Å². The number of hydrogen-bond donors (Lipinski definition) is 2. The molecule has 6 nitrogen and oxygen atoms in total. The van der Waals surface area contributed by atoms with Gasteiger partial charge in [0.15, 0.2) is 5.82 Å². The molecule has 3 aromatic rings. The molecule has 0 amide bonds. The molecule has 1 unspecified atom stereocenters. The Bertz CT molecular complexity index is 1090. The van der Waals surface area contributed by atoms with Crippen LogP contribution in [0.5, 0.6) is 0 Å². The Hall–Kier alpha value is -2.38. The van der Waals surface area contributed by atoms with Gasteiger partial charge in [0.1, 0.15) is 5.03 Å². The molecule has 1 aliphatic carbocycles. The third-order valence-electron chi connectivity index (χ3n) is 6.50. The van der Waals surface area contributed by atoms with Gasteiger partial charge >= 0.3 is 0 Å². The second-order valence-corrected chi connectivity index (χ2v) is 9.86. The van der Waals surface area contributed by atoms with Crippen molar-refractivity contribution in [2.75, 3.05) is 5.32 Å². The molecule has 0 spiro atoms. The predicted molar refractivity (Wildman–Crippen MR) is 114 cm³/mol. The number of anilines is 2. The van der Waals surface area contributed by atoms with Crippen LogP contribution in [0, 0.1) is 5.41 Å². The predicted octanol–water partition coefficient (Wildman–Crippen LogP) is 4.20. The molecule has 2 aliphatic rings. The Balaban J connectivity index is 1.41. The van der Waals surface area contributed by atoms with Gasteiger partial charge in [0.25, 0.3) is 0 Å².